The van der Waals surface area contributed by atoms with Crippen LogP contribution in [0.1, 0.15) is 19.8 Å². The van der Waals surface area contributed by atoms with E-state index in [0.29, 0.717) is 13.2 Å². The zero-order chi connectivity index (χ0) is 14.5. The number of hydrogen-bond acceptors (Lipinski definition) is 2. The highest BCUT2D eigenvalue weighted by atomic mass is 16.5. The minimum Gasteiger partial charge on any atom is -0.494 e. The van der Waals surface area contributed by atoms with Gasteiger partial charge in [-0.2, -0.15) is 0 Å². The number of benzene rings is 1. The van der Waals surface area contributed by atoms with E-state index in [4.69, 9.17) is 11.2 Å². The summed E-state index contributed by atoms with van der Waals surface area (Å²) in [4.78, 5) is 4.44. The van der Waals surface area contributed by atoms with Crippen molar-refractivity contribution in [3.63, 3.8) is 0 Å². The van der Waals surface area contributed by atoms with Crippen LogP contribution in [0.3, 0.4) is 0 Å². The standard InChI is InChI=1S/C16H23N3O/c1-3-12-18-16(17-4-2)19-13-8-9-14-20-15-10-6-5-7-11-15/h1,5-7,10-11H,4,8-9,12-14H2,2H3,(H2,17,18,19). The van der Waals surface area contributed by atoms with Crippen LogP contribution in [0.4, 0.5) is 0 Å². The molecule has 0 aromatic heterocycles. The molecule has 0 saturated carbocycles. The topological polar surface area (TPSA) is 45.7 Å². The number of nitrogens with one attached hydrogen (secondary N) is 2. The first-order valence-electron chi connectivity index (χ1n) is 7.00. The van der Waals surface area contributed by atoms with Gasteiger partial charge in [0.15, 0.2) is 5.96 Å². The highest BCUT2D eigenvalue weighted by Gasteiger charge is 1.95. The quantitative estimate of drug-likeness (QED) is 0.330. The van der Waals surface area contributed by atoms with E-state index in [0.717, 1.165) is 37.6 Å². The van der Waals surface area contributed by atoms with Gasteiger partial charge in [-0.05, 0) is 31.9 Å². The third kappa shape index (κ3) is 7.32. The van der Waals surface area contributed by atoms with Gasteiger partial charge in [-0.15, -0.1) is 6.42 Å². The van der Waals surface area contributed by atoms with E-state index in [1.54, 1.807) is 0 Å². The zero-order valence-electron chi connectivity index (χ0n) is 12.1. The summed E-state index contributed by atoms with van der Waals surface area (Å²) in [5, 5.41) is 6.20. The number of hydrogen-bond donors (Lipinski definition) is 2. The predicted octanol–water partition coefficient (Wildman–Crippen LogP) is 2.03. The van der Waals surface area contributed by atoms with Crippen molar-refractivity contribution >= 4 is 5.96 Å². The van der Waals surface area contributed by atoms with E-state index in [-0.39, 0.29) is 0 Å². The lowest BCUT2D eigenvalue weighted by Crippen LogP contribution is -2.37. The highest BCUT2D eigenvalue weighted by molar-refractivity contribution is 5.79. The SMILES string of the molecule is C#CCNC(=NCCCCOc1ccccc1)NCC. The number of guanidine groups is 1. The van der Waals surface area contributed by atoms with Crippen LogP contribution in [-0.2, 0) is 0 Å². The van der Waals surface area contributed by atoms with E-state index in [1.165, 1.54) is 0 Å². The number of rotatable bonds is 8. The van der Waals surface area contributed by atoms with Crippen molar-refractivity contribution in [1.82, 2.24) is 10.6 Å². The molecule has 0 spiro atoms. The van der Waals surface area contributed by atoms with Crippen LogP contribution in [0.25, 0.3) is 0 Å². The summed E-state index contributed by atoms with van der Waals surface area (Å²) in [5.41, 5.74) is 0. The Kier molecular flexibility index (Phi) is 8.54. The Bertz CT molecular complexity index is 423. The Morgan fingerprint density at radius 3 is 2.75 bits per heavy atom. The van der Waals surface area contributed by atoms with Gasteiger partial charge in [0.05, 0.1) is 13.2 Å². The maximum atomic E-state index is 5.62. The van der Waals surface area contributed by atoms with Gasteiger partial charge in [0.25, 0.3) is 0 Å². The van der Waals surface area contributed by atoms with Crippen molar-refractivity contribution < 1.29 is 4.74 Å². The molecule has 0 aliphatic rings. The van der Waals surface area contributed by atoms with Crippen molar-refractivity contribution in [3.8, 4) is 18.1 Å². The molecule has 0 unspecified atom stereocenters. The number of ether oxygens (including phenoxy) is 1. The van der Waals surface area contributed by atoms with Crippen molar-refractivity contribution in [2.24, 2.45) is 4.99 Å². The van der Waals surface area contributed by atoms with Gasteiger partial charge in [0.2, 0.25) is 0 Å². The lowest BCUT2D eigenvalue weighted by Gasteiger charge is -2.09. The molecule has 0 bridgehead atoms. The molecule has 4 heteroatoms. The van der Waals surface area contributed by atoms with Crippen molar-refractivity contribution in [3.05, 3.63) is 30.3 Å². The fraction of sp³-hybridized carbons (Fsp3) is 0.438. The number of terminal acetylenes is 1. The minimum atomic E-state index is 0.489. The van der Waals surface area contributed by atoms with Crippen molar-refractivity contribution in [1.29, 1.82) is 0 Å². The third-order valence-corrected chi connectivity index (χ3v) is 2.54. The second-order valence-electron chi connectivity index (χ2n) is 4.19. The first kappa shape index (κ1) is 15.9. The minimum absolute atomic E-state index is 0.489. The Morgan fingerprint density at radius 1 is 1.25 bits per heavy atom. The van der Waals surface area contributed by atoms with E-state index < -0.39 is 0 Å². The fourth-order valence-corrected chi connectivity index (χ4v) is 1.59. The average molecular weight is 273 g/mol. The summed E-state index contributed by atoms with van der Waals surface area (Å²) in [6.07, 6.45) is 7.18. The maximum Gasteiger partial charge on any atom is 0.192 e. The molecule has 1 aromatic rings. The second kappa shape index (κ2) is 10.7. The summed E-state index contributed by atoms with van der Waals surface area (Å²) in [7, 11) is 0. The van der Waals surface area contributed by atoms with Crippen LogP contribution in [0, 0.1) is 12.3 Å². The summed E-state index contributed by atoms with van der Waals surface area (Å²) in [6, 6.07) is 9.85. The van der Waals surface area contributed by atoms with Crippen molar-refractivity contribution in [2.45, 2.75) is 19.8 Å². The predicted molar refractivity (Wildman–Crippen MR) is 84.0 cm³/mol. The molecule has 2 N–H and O–H groups in total. The van der Waals surface area contributed by atoms with Crippen LogP contribution in [0.5, 0.6) is 5.75 Å². The molecule has 0 atom stereocenters. The van der Waals surface area contributed by atoms with Gasteiger partial charge < -0.3 is 15.4 Å². The average Bonchev–Trinajstić information content (AvgIpc) is 2.49. The summed E-state index contributed by atoms with van der Waals surface area (Å²) in [6.45, 7) is 4.82. The first-order valence-corrected chi connectivity index (χ1v) is 7.00. The van der Waals surface area contributed by atoms with Crippen LogP contribution in [0.2, 0.25) is 0 Å². The van der Waals surface area contributed by atoms with Gasteiger partial charge in [0, 0.05) is 13.1 Å². The Hall–Kier alpha value is -2.15. The Labute approximate surface area is 121 Å². The molecule has 1 rings (SSSR count). The fourth-order valence-electron chi connectivity index (χ4n) is 1.59. The molecule has 20 heavy (non-hydrogen) atoms. The monoisotopic (exact) mass is 273 g/mol. The Balaban J connectivity index is 2.14. The van der Waals surface area contributed by atoms with Crippen LogP contribution in [0.15, 0.2) is 35.3 Å². The van der Waals surface area contributed by atoms with Gasteiger partial charge in [-0.1, -0.05) is 24.1 Å². The zero-order valence-corrected chi connectivity index (χ0v) is 12.1. The molecule has 0 radical (unpaired) electrons. The van der Waals surface area contributed by atoms with Crippen LogP contribution >= 0.6 is 0 Å². The lowest BCUT2D eigenvalue weighted by molar-refractivity contribution is 0.308. The highest BCUT2D eigenvalue weighted by Crippen LogP contribution is 2.08. The van der Waals surface area contributed by atoms with Gasteiger partial charge in [-0.3, -0.25) is 4.99 Å². The number of aliphatic imine (C=N–C) groups is 1. The van der Waals surface area contributed by atoms with Gasteiger partial charge in [-0.25, -0.2) is 0 Å². The number of para-hydroxylation sites is 1. The molecule has 108 valence electrons. The van der Waals surface area contributed by atoms with E-state index in [2.05, 4.69) is 21.5 Å². The van der Waals surface area contributed by atoms with Gasteiger partial charge in [0.1, 0.15) is 5.75 Å². The summed E-state index contributed by atoms with van der Waals surface area (Å²) < 4.78 is 5.62. The number of nitrogens with zero attached hydrogens (tertiary/aromatic N) is 1. The summed E-state index contributed by atoms with van der Waals surface area (Å²) >= 11 is 0. The molecule has 0 fully saturated rings. The molecular weight excluding hydrogens is 250 g/mol. The molecular formula is C16H23N3O. The van der Waals surface area contributed by atoms with Crippen LogP contribution in [-0.4, -0.2) is 32.2 Å². The van der Waals surface area contributed by atoms with E-state index >= 15 is 0 Å². The second-order valence-corrected chi connectivity index (χ2v) is 4.19. The maximum absolute atomic E-state index is 5.62. The molecule has 0 heterocycles. The largest absolute Gasteiger partial charge is 0.494 e. The first-order chi connectivity index (χ1) is 9.86. The smallest absolute Gasteiger partial charge is 0.192 e. The lowest BCUT2D eigenvalue weighted by atomic mass is 10.3. The van der Waals surface area contributed by atoms with E-state index in [1.807, 2.05) is 37.3 Å². The van der Waals surface area contributed by atoms with E-state index in [9.17, 15) is 0 Å². The molecule has 0 aliphatic carbocycles. The summed E-state index contributed by atoms with van der Waals surface area (Å²) in [5.74, 6) is 4.22. The Morgan fingerprint density at radius 2 is 2.05 bits per heavy atom. The van der Waals surface area contributed by atoms with Crippen LogP contribution < -0.4 is 15.4 Å². The van der Waals surface area contributed by atoms with Gasteiger partial charge >= 0.3 is 0 Å². The normalized spacial score (nSPS) is 10.7. The number of unbranched alkanes of at least 4 members (excludes halogenated alkanes) is 1. The molecule has 0 aliphatic heterocycles. The molecule has 1 aromatic carbocycles. The van der Waals surface area contributed by atoms with Crippen molar-refractivity contribution in [2.75, 3.05) is 26.2 Å². The molecule has 0 amide bonds. The third-order valence-electron chi connectivity index (χ3n) is 2.54. The molecule has 0 saturated heterocycles. The molecule has 4 nitrogen and oxygen atoms in total.